The van der Waals surface area contributed by atoms with Gasteiger partial charge in [-0.2, -0.15) is 5.10 Å². The van der Waals surface area contributed by atoms with E-state index in [2.05, 4.69) is 15.1 Å². The van der Waals surface area contributed by atoms with Crippen LogP contribution in [0.5, 0.6) is 0 Å². The molecule has 0 saturated carbocycles. The maximum absolute atomic E-state index is 13.7. The van der Waals surface area contributed by atoms with E-state index in [4.69, 9.17) is 0 Å². The van der Waals surface area contributed by atoms with Crippen molar-refractivity contribution in [3.63, 3.8) is 0 Å². The van der Waals surface area contributed by atoms with E-state index in [0.717, 1.165) is 11.6 Å². The number of benzene rings is 1. The fraction of sp³-hybridized carbons (Fsp3) is 0.190. The van der Waals surface area contributed by atoms with E-state index in [1.165, 1.54) is 34.5 Å². The SMILES string of the molecule is CC.CSc1nn2c(-c3cccnc3)cc(C)nc2c1S(=O)(=O)c1cccc(F)c1. The van der Waals surface area contributed by atoms with E-state index in [0.29, 0.717) is 16.4 Å². The number of aromatic nitrogens is 4. The molecule has 0 spiro atoms. The Balaban J connectivity index is 0.00000124. The zero-order valence-electron chi connectivity index (χ0n) is 17.0. The number of nitrogens with zero attached hydrogens (tertiary/aromatic N) is 4. The van der Waals surface area contributed by atoms with Gasteiger partial charge in [0.25, 0.3) is 0 Å². The van der Waals surface area contributed by atoms with Gasteiger partial charge >= 0.3 is 0 Å². The summed E-state index contributed by atoms with van der Waals surface area (Å²) in [5, 5.41) is 4.78. The zero-order chi connectivity index (χ0) is 21.9. The molecular weight excluding hydrogens is 423 g/mol. The van der Waals surface area contributed by atoms with Gasteiger partial charge in [-0.3, -0.25) is 4.98 Å². The first-order valence-corrected chi connectivity index (χ1v) is 12.0. The van der Waals surface area contributed by atoms with Gasteiger partial charge < -0.3 is 0 Å². The lowest BCUT2D eigenvalue weighted by Crippen LogP contribution is -2.05. The van der Waals surface area contributed by atoms with Crippen molar-refractivity contribution >= 4 is 27.2 Å². The van der Waals surface area contributed by atoms with Crippen LogP contribution >= 0.6 is 11.8 Å². The Bertz CT molecular complexity index is 1290. The first-order valence-electron chi connectivity index (χ1n) is 9.27. The fourth-order valence-corrected chi connectivity index (χ4v) is 5.36. The largest absolute Gasteiger partial charge is 0.264 e. The van der Waals surface area contributed by atoms with Crippen LogP contribution in [0.3, 0.4) is 0 Å². The van der Waals surface area contributed by atoms with Crippen LogP contribution in [-0.2, 0) is 9.84 Å². The van der Waals surface area contributed by atoms with Crippen LogP contribution in [0.1, 0.15) is 19.5 Å². The van der Waals surface area contributed by atoms with Gasteiger partial charge in [0, 0.05) is 23.7 Å². The molecule has 3 heterocycles. The molecule has 0 saturated heterocycles. The average Bonchev–Trinajstić information content (AvgIpc) is 3.14. The summed E-state index contributed by atoms with van der Waals surface area (Å²) in [5.74, 6) is -0.622. The molecule has 4 aromatic rings. The van der Waals surface area contributed by atoms with E-state index < -0.39 is 15.7 Å². The number of hydrogen-bond acceptors (Lipinski definition) is 6. The highest BCUT2D eigenvalue weighted by molar-refractivity contribution is 7.99. The predicted octanol–water partition coefficient (Wildman–Crippen LogP) is 4.82. The van der Waals surface area contributed by atoms with Crippen molar-refractivity contribution in [1.29, 1.82) is 0 Å². The summed E-state index contributed by atoms with van der Waals surface area (Å²) in [6.45, 7) is 5.78. The first-order chi connectivity index (χ1) is 14.4. The zero-order valence-corrected chi connectivity index (χ0v) is 18.6. The molecule has 0 amide bonds. The molecule has 0 radical (unpaired) electrons. The fourth-order valence-electron chi connectivity index (χ4n) is 2.94. The quantitative estimate of drug-likeness (QED) is 0.420. The highest BCUT2D eigenvalue weighted by atomic mass is 32.2. The molecule has 0 bridgehead atoms. The molecule has 156 valence electrons. The summed E-state index contributed by atoms with van der Waals surface area (Å²) in [5.41, 5.74) is 2.29. The number of fused-ring (bicyclic) bond motifs is 1. The van der Waals surface area contributed by atoms with Crippen LogP contribution in [0.4, 0.5) is 4.39 Å². The maximum Gasteiger partial charge on any atom is 0.213 e. The normalized spacial score (nSPS) is 11.2. The minimum absolute atomic E-state index is 0.0283. The van der Waals surface area contributed by atoms with Crippen molar-refractivity contribution in [2.75, 3.05) is 6.26 Å². The van der Waals surface area contributed by atoms with Crippen LogP contribution in [0.2, 0.25) is 0 Å². The summed E-state index contributed by atoms with van der Waals surface area (Å²) in [6.07, 6.45) is 5.07. The van der Waals surface area contributed by atoms with Crippen LogP contribution in [-0.4, -0.2) is 34.3 Å². The maximum atomic E-state index is 13.7. The Morgan fingerprint density at radius 1 is 1.10 bits per heavy atom. The van der Waals surface area contributed by atoms with Crippen molar-refractivity contribution in [3.8, 4) is 11.3 Å². The summed E-state index contributed by atoms with van der Waals surface area (Å²) in [7, 11) is -4.03. The third kappa shape index (κ3) is 3.95. The van der Waals surface area contributed by atoms with Crippen LogP contribution in [0.15, 0.2) is 69.7 Å². The Labute approximate surface area is 179 Å². The molecule has 1 aromatic carbocycles. The number of hydrogen-bond donors (Lipinski definition) is 0. The van der Waals surface area contributed by atoms with Gasteiger partial charge in [-0.05, 0) is 49.6 Å². The van der Waals surface area contributed by atoms with Gasteiger partial charge in [0.2, 0.25) is 9.84 Å². The molecular formula is C21H21FN4O2S2. The van der Waals surface area contributed by atoms with Crippen molar-refractivity contribution in [2.45, 2.75) is 35.6 Å². The number of sulfone groups is 1. The molecule has 4 rings (SSSR count). The van der Waals surface area contributed by atoms with E-state index >= 15 is 0 Å². The standard InChI is InChI=1S/C19H15FN4O2S2.C2H6/c1-12-9-16(13-5-4-8-21-11-13)24-18(22-12)17(19(23-24)27-2)28(25,26)15-7-3-6-14(20)10-15;1-2/h3-11H,1-2H3;1-2H3. The molecule has 3 aromatic heterocycles. The Kier molecular flexibility index (Phi) is 6.52. The van der Waals surface area contributed by atoms with E-state index in [1.54, 1.807) is 31.6 Å². The lowest BCUT2D eigenvalue weighted by molar-refractivity contribution is 0.589. The summed E-state index contributed by atoms with van der Waals surface area (Å²) < 4.78 is 41.8. The topological polar surface area (TPSA) is 77.2 Å². The molecule has 30 heavy (non-hydrogen) atoms. The van der Waals surface area contributed by atoms with Gasteiger partial charge in [0.05, 0.1) is 10.6 Å². The second-order valence-corrected chi connectivity index (χ2v) is 8.74. The summed E-state index contributed by atoms with van der Waals surface area (Å²) >= 11 is 1.20. The number of pyridine rings is 1. The third-order valence-corrected chi connectivity index (χ3v) is 6.76. The molecule has 9 heteroatoms. The molecule has 0 fully saturated rings. The molecule has 0 aliphatic rings. The van der Waals surface area contributed by atoms with Gasteiger partial charge in [0.15, 0.2) is 10.5 Å². The number of thioether (sulfide) groups is 1. The van der Waals surface area contributed by atoms with Crippen molar-refractivity contribution < 1.29 is 12.8 Å². The Morgan fingerprint density at radius 2 is 1.87 bits per heavy atom. The Morgan fingerprint density at radius 3 is 2.50 bits per heavy atom. The average molecular weight is 445 g/mol. The molecule has 0 aliphatic heterocycles. The van der Waals surface area contributed by atoms with Gasteiger partial charge in [0.1, 0.15) is 10.8 Å². The third-order valence-electron chi connectivity index (χ3n) is 4.17. The minimum atomic E-state index is -4.03. The monoisotopic (exact) mass is 444 g/mol. The van der Waals surface area contributed by atoms with Crippen molar-refractivity contribution in [2.24, 2.45) is 0 Å². The van der Waals surface area contributed by atoms with Gasteiger partial charge in [-0.25, -0.2) is 22.3 Å². The van der Waals surface area contributed by atoms with Crippen LogP contribution < -0.4 is 0 Å². The molecule has 0 N–H and O–H groups in total. The predicted molar refractivity (Wildman–Crippen MR) is 116 cm³/mol. The first kappa shape index (κ1) is 21.9. The van der Waals surface area contributed by atoms with Crippen molar-refractivity contribution in [3.05, 3.63) is 66.4 Å². The number of aryl methyl sites for hydroxylation is 1. The van der Waals surface area contributed by atoms with Gasteiger partial charge in [-0.15, -0.1) is 11.8 Å². The smallest absolute Gasteiger partial charge is 0.213 e. The van der Waals surface area contributed by atoms with E-state index in [9.17, 15) is 12.8 Å². The molecule has 0 unspecified atom stereocenters. The second-order valence-electron chi connectivity index (χ2n) is 6.06. The number of rotatable bonds is 4. The van der Waals surface area contributed by atoms with Gasteiger partial charge in [-0.1, -0.05) is 19.9 Å². The summed E-state index contributed by atoms with van der Waals surface area (Å²) in [4.78, 5) is 8.40. The highest BCUT2D eigenvalue weighted by Gasteiger charge is 2.29. The highest BCUT2D eigenvalue weighted by Crippen LogP contribution is 2.34. The van der Waals surface area contributed by atoms with Crippen LogP contribution in [0.25, 0.3) is 16.9 Å². The molecule has 6 nitrogen and oxygen atoms in total. The lowest BCUT2D eigenvalue weighted by atomic mass is 10.2. The molecule has 0 atom stereocenters. The van der Waals surface area contributed by atoms with E-state index in [1.807, 2.05) is 26.0 Å². The van der Waals surface area contributed by atoms with Crippen LogP contribution in [0, 0.1) is 12.7 Å². The van der Waals surface area contributed by atoms with Crippen molar-refractivity contribution in [1.82, 2.24) is 19.6 Å². The molecule has 0 aliphatic carbocycles. The Hall–Kier alpha value is -2.78. The lowest BCUT2D eigenvalue weighted by Gasteiger charge is -2.07. The van der Waals surface area contributed by atoms with E-state index in [-0.39, 0.29) is 15.4 Å². The summed E-state index contributed by atoms with van der Waals surface area (Å²) in [6, 6.07) is 10.4. The number of halogens is 1. The minimum Gasteiger partial charge on any atom is -0.264 e. The second kappa shape index (κ2) is 8.93.